The van der Waals surface area contributed by atoms with Crippen molar-refractivity contribution >= 4 is 22.8 Å². The summed E-state index contributed by atoms with van der Waals surface area (Å²) in [7, 11) is 0. The predicted octanol–water partition coefficient (Wildman–Crippen LogP) is 7.27. The number of allylic oxidation sites excluding steroid dienone is 2. The molecule has 0 bridgehead atoms. The molecule has 182 valence electrons. The summed E-state index contributed by atoms with van der Waals surface area (Å²) in [5.41, 5.74) is 6.12. The van der Waals surface area contributed by atoms with Crippen molar-refractivity contribution < 1.29 is 36.6 Å². The number of nitrogens with two attached hydrogens (primary N) is 1. The Morgan fingerprint density at radius 1 is 1.00 bits per heavy atom. The molecule has 0 heterocycles. The summed E-state index contributed by atoms with van der Waals surface area (Å²) in [4.78, 5) is 11.5. The molecule has 9 heteroatoms. The second kappa shape index (κ2) is 9.40. The van der Waals surface area contributed by atoms with Gasteiger partial charge >= 0.3 is 12.1 Å². The number of carboxylic acids is 1. The number of carbonyl (C=O) groups is 1. The van der Waals surface area contributed by atoms with Gasteiger partial charge in [0.1, 0.15) is 11.6 Å². The highest BCUT2D eigenvalue weighted by Crippen LogP contribution is 2.46. The van der Waals surface area contributed by atoms with Gasteiger partial charge in [-0.25, -0.2) is 9.18 Å². The maximum absolute atomic E-state index is 14.9. The van der Waals surface area contributed by atoms with Gasteiger partial charge in [0.25, 0.3) is 6.36 Å². The number of halogens is 5. The van der Waals surface area contributed by atoms with E-state index in [0.29, 0.717) is 36.0 Å². The zero-order valence-corrected chi connectivity index (χ0v) is 18.2. The Morgan fingerprint density at radius 3 is 2.40 bits per heavy atom. The van der Waals surface area contributed by atoms with Gasteiger partial charge in [-0.05, 0) is 84.5 Å². The van der Waals surface area contributed by atoms with Crippen molar-refractivity contribution in [1.29, 1.82) is 0 Å². The standard InChI is InChI=1S/C26H20F5NO3/c27-22-7-2-1-4-20(22)24(28)35-23-9-8-16(26(29,30)31)13-21(23)19-6-3-5-18(19)14-10-15(25(33)34)12-17(32)11-14/h1-2,4,7-13,24H,3,5-6,32H2,(H,33,34). The minimum absolute atomic E-state index is 0.00520. The third kappa shape index (κ3) is 5.13. The van der Waals surface area contributed by atoms with Gasteiger partial charge in [-0.1, -0.05) is 12.1 Å². The molecule has 1 atom stereocenters. The molecule has 0 amide bonds. The van der Waals surface area contributed by atoms with Crippen LogP contribution in [0, 0.1) is 5.82 Å². The first-order valence-corrected chi connectivity index (χ1v) is 10.7. The summed E-state index contributed by atoms with van der Waals surface area (Å²) in [5, 5.41) is 9.37. The van der Waals surface area contributed by atoms with Crippen LogP contribution in [-0.2, 0) is 6.18 Å². The summed E-state index contributed by atoms with van der Waals surface area (Å²) in [5.74, 6) is -2.24. The molecule has 3 N–H and O–H groups in total. The average molecular weight is 489 g/mol. The van der Waals surface area contributed by atoms with Crippen LogP contribution in [0.4, 0.5) is 27.6 Å². The molecular formula is C26H20F5NO3. The van der Waals surface area contributed by atoms with Crippen LogP contribution in [0.25, 0.3) is 11.1 Å². The minimum atomic E-state index is -4.67. The van der Waals surface area contributed by atoms with Gasteiger partial charge in [0.15, 0.2) is 0 Å². The average Bonchev–Trinajstić information content (AvgIpc) is 3.28. The molecule has 0 fully saturated rings. The topological polar surface area (TPSA) is 72.6 Å². The monoisotopic (exact) mass is 489 g/mol. The van der Waals surface area contributed by atoms with Gasteiger partial charge in [0.2, 0.25) is 0 Å². The first-order valence-electron chi connectivity index (χ1n) is 10.7. The molecule has 3 aromatic carbocycles. The lowest BCUT2D eigenvalue weighted by Gasteiger charge is -2.19. The minimum Gasteiger partial charge on any atom is -0.478 e. The van der Waals surface area contributed by atoms with E-state index in [2.05, 4.69) is 0 Å². The van der Waals surface area contributed by atoms with Crippen molar-refractivity contribution in [2.24, 2.45) is 0 Å². The number of rotatable bonds is 6. The Kier molecular flexibility index (Phi) is 6.51. The third-order valence-electron chi connectivity index (χ3n) is 5.78. The van der Waals surface area contributed by atoms with Crippen molar-refractivity contribution in [2.45, 2.75) is 31.8 Å². The lowest BCUT2D eigenvalue weighted by molar-refractivity contribution is -0.137. The van der Waals surface area contributed by atoms with E-state index in [4.69, 9.17) is 10.5 Å². The summed E-state index contributed by atoms with van der Waals surface area (Å²) in [6.07, 6.45) is -5.56. The number of hydrogen-bond acceptors (Lipinski definition) is 3. The molecule has 4 rings (SSSR count). The van der Waals surface area contributed by atoms with E-state index in [-0.39, 0.29) is 28.1 Å². The maximum Gasteiger partial charge on any atom is 0.416 e. The number of benzene rings is 3. The van der Waals surface area contributed by atoms with Crippen molar-refractivity contribution in [3.8, 4) is 5.75 Å². The van der Waals surface area contributed by atoms with Crippen LogP contribution in [-0.4, -0.2) is 11.1 Å². The third-order valence-corrected chi connectivity index (χ3v) is 5.78. The molecule has 0 saturated heterocycles. The van der Waals surface area contributed by atoms with Crippen molar-refractivity contribution in [3.63, 3.8) is 0 Å². The highest BCUT2D eigenvalue weighted by Gasteiger charge is 2.33. The first kappa shape index (κ1) is 24.3. The van der Waals surface area contributed by atoms with Crippen LogP contribution < -0.4 is 10.5 Å². The van der Waals surface area contributed by atoms with Gasteiger partial charge < -0.3 is 15.6 Å². The van der Waals surface area contributed by atoms with Crippen LogP contribution in [0.5, 0.6) is 5.75 Å². The zero-order chi connectivity index (χ0) is 25.3. The van der Waals surface area contributed by atoms with Crippen LogP contribution in [0.2, 0.25) is 0 Å². The van der Waals surface area contributed by atoms with E-state index >= 15 is 0 Å². The fraction of sp³-hybridized carbons (Fsp3) is 0.192. The van der Waals surface area contributed by atoms with Gasteiger partial charge in [-0.15, -0.1) is 0 Å². The number of alkyl halides is 4. The molecule has 0 radical (unpaired) electrons. The van der Waals surface area contributed by atoms with Gasteiger partial charge in [0, 0.05) is 11.3 Å². The Bertz CT molecular complexity index is 1320. The van der Waals surface area contributed by atoms with E-state index in [1.807, 2.05) is 0 Å². The molecule has 0 aromatic heterocycles. The molecule has 35 heavy (non-hydrogen) atoms. The highest BCUT2D eigenvalue weighted by molar-refractivity contribution is 5.97. The largest absolute Gasteiger partial charge is 0.478 e. The number of ether oxygens (including phenoxy) is 1. The fourth-order valence-corrected chi connectivity index (χ4v) is 4.19. The SMILES string of the molecule is Nc1cc(C(=O)O)cc(C2=C(c3cc(C(F)(F)F)ccc3OC(F)c3ccccc3F)CCC2)c1. The van der Waals surface area contributed by atoms with Crippen LogP contribution >= 0.6 is 0 Å². The number of carboxylic acid groups (broad SMARTS) is 1. The van der Waals surface area contributed by atoms with E-state index in [1.54, 1.807) is 6.07 Å². The summed E-state index contributed by atoms with van der Waals surface area (Å²) >= 11 is 0. The predicted molar refractivity (Wildman–Crippen MR) is 121 cm³/mol. The summed E-state index contributed by atoms with van der Waals surface area (Å²) in [6.45, 7) is 0. The van der Waals surface area contributed by atoms with E-state index in [1.165, 1.54) is 30.3 Å². The van der Waals surface area contributed by atoms with Crippen molar-refractivity contribution in [1.82, 2.24) is 0 Å². The quantitative estimate of drug-likeness (QED) is 0.282. The molecule has 1 aliphatic carbocycles. The molecule has 4 nitrogen and oxygen atoms in total. The molecule has 1 aliphatic rings. The van der Waals surface area contributed by atoms with E-state index in [0.717, 1.165) is 24.3 Å². The maximum atomic E-state index is 14.9. The van der Waals surface area contributed by atoms with Crippen molar-refractivity contribution in [3.05, 3.63) is 94.3 Å². The number of hydrogen-bond donors (Lipinski definition) is 2. The fourth-order valence-electron chi connectivity index (χ4n) is 4.19. The zero-order valence-electron chi connectivity index (χ0n) is 18.2. The van der Waals surface area contributed by atoms with Crippen LogP contribution in [0.15, 0.2) is 60.7 Å². The Morgan fingerprint density at radius 2 is 1.71 bits per heavy atom. The lowest BCUT2D eigenvalue weighted by Crippen LogP contribution is -2.09. The smallest absolute Gasteiger partial charge is 0.416 e. The Labute approximate surface area is 197 Å². The number of aromatic carboxylic acids is 1. The molecule has 3 aromatic rings. The molecule has 0 spiro atoms. The van der Waals surface area contributed by atoms with Crippen LogP contribution in [0.3, 0.4) is 0 Å². The molecule has 1 unspecified atom stereocenters. The summed E-state index contributed by atoms with van der Waals surface area (Å²) in [6, 6.07) is 11.9. The Balaban J connectivity index is 1.85. The van der Waals surface area contributed by atoms with E-state index in [9.17, 15) is 31.9 Å². The normalized spacial score (nSPS) is 14.8. The molecular weight excluding hydrogens is 469 g/mol. The van der Waals surface area contributed by atoms with Gasteiger partial charge in [0.05, 0.1) is 16.7 Å². The second-order valence-corrected chi connectivity index (χ2v) is 8.12. The Hall–Kier alpha value is -3.88. The lowest BCUT2D eigenvalue weighted by atomic mass is 9.94. The number of nitrogen functional groups attached to an aromatic ring is 1. The summed E-state index contributed by atoms with van der Waals surface area (Å²) < 4.78 is 74.9. The highest BCUT2D eigenvalue weighted by atomic mass is 19.4. The second-order valence-electron chi connectivity index (χ2n) is 8.12. The number of anilines is 1. The van der Waals surface area contributed by atoms with Crippen molar-refractivity contribution in [2.75, 3.05) is 5.73 Å². The van der Waals surface area contributed by atoms with Gasteiger partial charge in [-0.2, -0.15) is 17.6 Å². The molecule has 0 saturated carbocycles. The van der Waals surface area contributed by atoms with Crippen LogP contribution in [0.1, 0.15) is 58.2 Å². The van der Waals surface area contributed by atoms with Gasteiger partial charge in [-0.3, -0.25) is 0 Å². The van der Waals surface area contributed by atoms with E-state index < -0.39 is 29.9 Å². The molecule has 0 aliphatic heterocycles. The first-order chi connectivity index (χ1) is 16.5.